The molecule has 2 aromatic carbocycles. The molecule has 1 aliphatic heterocycles. The molecule has 3 aromatic rings. The topological polar surface area (TPSA) is 75.1 Å². The number of anilines is 2. The van der Waals surface area contributed by atoms with E-state index in [1.807, 2.05) is 42.5 Å². The quantitative estimate of drug-likeness (QED) is 0.514. The van der Waals surface area contributed by atoms with Crippen LogP contribution in [0.4, 0.5) is 15.8 Å². The standard InChI is InChI=1S/C25H23FN4O3/c1-2-33-25(32)22-16-23(30(28-22)21-9-4-3-5-10-21)24(31)29(17-19-8-6-7-15-27-19)20-13-11-18(26)12-14-20/h3-15,23H,2,16-17H2,1H3. The molecular formula is C25H23FN4O3. The van der Waals surface area contributed by atoms with E-state index in [9.17, 15) is 14.0 Å². The number of esters is 1. The summed E-state index contributed by atoms with van der Waals surface area (Å²) >= 11 is 0. The fraction of sp³-hybridized carbons (Fsp3) is 0.200. The molecule has 2 heterocycles. The number of halogens is 1. The molecule has 0 saturated carbocycles. The number of aromatic nitrogens is 1. The Morgan fingerprint density at radius 2 is 1.79 bits per heavy atom. The van der Waals surface area contributed by atoms with E-state index in [1.165, 1.54) is 17.0 Å². The SMILES string of the molecule is CCOC(=O)C1=NN(c2ccccc2)C(C(=O)N(Cc2ccccn2)c2ccc(F)cc2)C1. The number of hydrogen-bond donors (Lipinski definition) is 0. The molecule has 0 aliphatic carbocycles. The average Bonchev–Trinajstić information content (AvgIpc) is 3.30. The highest BCUT2D eigenvalue weighted by Gasteiger charge is 2.39. The van der Waals surface area contributed by atoms with Crippen LogP contribution in [0.5, 0.6) is 0 Å². The lowest BCUT2D eigenvalue weighted by atomic mass is 10.1. The molecular weight excluding hydrogens is 423 g/mol. The number of carbonyl (C=O) groups excluding carboxylic acids is 2. The van der Waals surface area contributed by atoms with Crippen molar-refractivity contribution in [2.24, 2.45) is 5.10 Å². The van der Waals surface area contributed by atoms with Gasteiger partial charge in [-0.1, -0.05) is 24.3 Å². The van der Waals surface area contributed by atoms with Gasteiger partial charge in [0.1, 0.15) is 17.6 Å². The molecule has 0 saturated heterocycles. The van der Waals surface area contributed by atoms with Gasteiger partial charge < -0.3 is 9.64 Å². The number of hydrogen-bond acceptors (Lipinski definition) is 6. The number of pyridine rings is 1. The molecule has 33 heavy (non-hydrogen) atoms. The van der Waals surface area contributed by atoms with E-state index in [4.69, 9.17) is 4.74 Å². The Hall–Kier alpha value is -4.07. The van der Waals surface area contributed by atoms with Crippen molar-refractivity contribution in [2.75, 3.05) is 16.5 Å². The third kappa shape index (κ3) is 5.06. The van der Waals surface area contributed by atoms with Crippen molar-refractivity contribution in [1.82, 2.24) is 4.98 Å². The van der Waals surface area contributed by atoms with Crippen LogP contribution < -0.4 is 9.91 Å². The van der Waals surface area contributed by atoms with E-state index in [-0.39, 0.29) is 31.2 Å². The Morgan fingerprint density at radius 3 is 2.45 bits per heavy atom. The monoisotopic (exact) mass is 446 g/mol. The molecule has 1 atom stereocenters. The van der Waals surface area contributed by atoms with Gasteiger partial charge in [-0.25, -0.2) is 9.18 Å². The van der Waals surface area contributed by atoms with Gasteiger partial charge in [0.05, 0.1) is 24.5 Å². The lowest BCUT2D eigenvalue weighted by molar-refractivity contribution is -0.135. The second-order valence-corrected chi connectivity index (χ2v) is 7.39. The van der Waals surface area contributed by atoms with Crippen LogP contribution in [0.2, 0.25) is 0 Å². The van der Waals surface area contributed by atoms with Crippen molar-refractivity contribution in [3.63, 3.8) is 0 Å². The highest BCUT2D eigenvalue weighted by molar-refractivity contribution is 6.38. The molecule has 1 aromatic heterocycles. The molecule has 0 bridgehead atoms. The minimum Gasteiger partial charge on any atom is -0.461 e. The summed E-state index contributed by atoms with van der Waals surface area (Å²) in [5.74, 6) is -1.24. The first-order valence-corrected chi connectivity index (χ1v) is 10.6. The zero-order chi connectivity index (χ0) is 23.2. The lowest BCUT2D eigenvalue weighted by Crippen LogP contribution is -2.45. The normalized spacial score (nSPS) is 15.2. The Kier molecular flexibility index (Phi) is 6.73. The van der Waals surface area contributed by atoms with E-state index in [0.29, 0.717) is 17.1 Å². The molecule has 0 fully saturated rings. The maximum absolute atomic E-state index is 13.9. The van der Waals surface area contributed by atoms with E-state index in [0.717, 1.165) is 0 Å². The number of carbonyl (C=O) groups is 2. The Balaban J connectivity index is 1.70. The highest BCUT2D eigenvalue weighted by atomic mass is 19.1. The van der Waals surface area contributed by atoms with Gasteiger partial charge in [-0.15, -0.1) is 0 Å². The fourth-order valence-corrected chi connectivity index (χ4v) is 3.61. The number of para-hydroxylation sites is 1. The molecule has 1 amide bonds. The zero-order valence-corrected chi connectivity index (χ0v) is 18.1. The van der Waals surface area contributed by atoms with Gasteiger partial charge in [-0.3, -0.25) is 14.8 Å². The summed E-state index contributed by atoms with van der Waals surface area (Å²) in [5.41, 5.74) is 2.04. The lowest BCUT2D eigenvalue weighted by Gasteiger charge is -2.29. The fourth-order valence-electron chi connectivity index (χ4n) is 3.61. The number of rotatable bonds is 7. The maximum Gasteiger partial charge on any atom is 0.354 e. The smallest absolute Gasteiger partial charge is 0.354 e. The maximum atomic E-state index is 13.9. The second kappa shape index (κ2) is 10.0. The molecule has 168 valence electrons. The largest absolute Gasteiger partial charge is 0.461 e. The predicted octanol–water partition coefficient (Wildman–Crippen LogP) is 3.95. The summed E-state index contributed by atoms with van der Waals surface area (Å²) in [7, 11) is 0. The van der Waals surface area contributed by atoms with Crippen molar-refractivity contribution < 1.29 is 18.7 Å². The van der Waals surface area contributed by atoms with Crippen molar-refractivity contribution in [3.05, 3.63) is 90.5 Å². The summed E-state index contributed by atoms with van der Waals surface area (Å²) in [6.07, 6.45) is 1.74. The van der Waals surface area contributed by atoms with Crippen molar-refractivity contribution in [3.8, 4) is 0 Å². The number of hydrazone groups is 1. The van der Waals surface area contributed by atoms with Gasteiger partial charge in [0.15, 0.2) is 0 Å². The van der Waals surface area contributed by atoms with E-state index >= 15 is 0 Å². The Bertz CT molecular complexity index is 1140. The minimum atomic E-state index is -0.777. The zero-order valence-electron chi connectivity index (χ0n) is 18.1. The highest BCUT2D eigenvalue weighted by Crippen LogP contribution is 2.28. The minimum absolute atomic E-state index is 0.0898. The van der Waals surface area contributed by atoms with Gasteiger partial charge in [0.2, 0.25) is 0 Å². The van der Waals surface area contributed by atoms with Crippen LogP contribution in [0.1, 0.15) is 19.0 Å². The van der Waals surface area contributed by atoms with Crippen LogP contribution in [-0.4, -0.2) is 35.2 Å². The van der Waals surface area contributed by atoms with Crippen LogP contribution in [-0.2, 0) is 20.9 Å². The van der Waals surface area contributed by atoms with E-state index < -0.39 is 17.8 Å². The van der Waals surface area contributed by atoms with Crippen molar-refractivity contribution in [1.29, 1.82) is 0 Å². The van der Waals surface area contributed by atoms with Crippen LogP contribution in [0, 0.1) is 5.82 Å². The molecule has 8 heteroatoms. The van der Waals surface area contributed by atoms with Crippen molar-refractivity contribution in [2.45, 2.75) is 25.9 Å². The number of benzene rings is 2. The van der Waals surface area contributed by atoms with Crippen LogP contribution >= 0.6 is 0 Å². The molecule has 7 nitrogen and oxygen atoms in total. The molecule has 1 aliphatic rings. The van der Waals surface area contributed by atoms with Gasteiger partial charge >= 0.3 is 5.97 Å². The van der Waals surface area contributed by atoms with Gasteiger partial charge in [0.25, 0.3) is 5.91 Å². The molecule has 1 unspecified atom stereocenters. The molecule has 0 spiro atoms. The average molecular weight is 446 g/mol. The molecule has 0 N–H and O–H groups in total. The molecule has 0 radical (unpaired) electrons. The first-order valence-electron chi connectivity index (χ1n) is 10.6. The van der Waals surface area contributed by atoms with Gasteiger partial charge in [0, 0.05) is 18.3 Å². The molecule has 4 rings (SSSR count). The first kappa shape index (κ1) is 22.1. The third-order valence-corrected chi connectivity index (χ3v) is 5.18. The summed E-state index contributed by atoms with van der Waals surface area (Å²) in [5, 5.41) is 5.97. The number of amides is 1. The van der Waals surface area contributed by atoms with Crippen LogP contribution in [0.15, 0.2) is 84.1 Å². The summed E-state index contributed by atoms with van der Waals surface area (Å²) < 4.78 is 18.7. The van der Waals surface area contributed by atoms with E-state index in [1.54, 1.807) is 36.3 Å². The summed E-state index contributed by atoms with van der Waals surface area (Å²) in [6, 6.07) is 19.5. The third-order valence-electron chi connectivity index (χ3n) is 5.18. The summed E-state index contributed by atoms with van der Waals surface area (Å²) in [6.45, 7) is 2.11. The first-order chi connectivity index (χ1) is 16.1. The van der Waals surface area contributed by atoms with E-state index in [2.05, 4.69) is 10.1 Å². The Morgan fingerprint density at radius 1 is 1.06 bits per heavy atom. The van der Waals surface area contributed by atoms with Gasteiger partial charge in [-0.2, -0.15) is 5.10 Å². The number of ether oxygens (including phenoxy) is 1. The predicted molar refractivity (Wildman–Crippen MR) is 123 cm³/mol. The second-order valence-electron chi connectivity index (χ2n) is 7.39. The summed E-state index contributed by atoms with van der Waals surface area (Å²) in [4.78, 5) is 32.1. The number of nitrogens with zero attached hydrogens (tertiary/aromatic N) is 4. The Labute approximate surface area is 191 Å². The van der Waals surface area contributed by atoms with Gasteiger partial charge in [-0.05, 0) is 55.5 Å². The van der Waals surface area contributed by atoms with Crippen LogP contribution in [0.3, 0.4) is 0 Å². The van der Waals surface area contributed by atoms with Crippen LogP contribution in [0.25, 0.3) is 0 Å². The van der Waals surface area contributed by atoms with Crippen molar-refractivity contribution >= 4 is 29.0 Å².